The lowest BCUT2D eigenvalue weighted by Crippen LogP contribution is -2.19. The Labute approximate surface area is 150 Å². The summed E-state index contributed by atoms with van der Waals surface area (Å²) in [4.78, 5) is 10.5. The second-order valence-electron chi connectivity index (χ2n) is 5.98. The van der Waals surface area contributed by atoms with E-state index in [9.17, 15) is 5.11 Å². The van der Waals surface area contributed by atoms with Crippen molar-refractivity contribution in [2.75, 3.05) is 11.4 Å². The van der Waals surface area contributed by atoms with Crippen LogP contribution in [0.25, 0.3) is 5.52 Å². The summed E-state index contributed by atoms with van der Waals surface area (Å²) in [5, 5.41) is 18.8. The number of phenolic OH excluding ortho intramolecular Hbond substituents is 1. The molecule has 0 aliphatic heterocycles. The van der Waals surface area contributed by atoms with Gasteiger partial charge in [-0.3, -0.25) is 0 Å². The van der Waals surface area contributed by atoms with Gasteiger partial charge in [-0.05, 0) is 37.1 Å². The fourth-order valence-corrected chi connectivity index (χ4v) is 3.16. The van der Waals surface area contributed by atoms with Crippen molar-refractivity contribution in [3.05, 3.63) is 60.6 Å². The minimum absolute atomic E-state index is 0.221. The maximum absolute atomic E-state index is 10.3. The Kier molecular flexibility index (Phi) is 4.00. The normalized spacial score (nSPS) is 11.2. The molecule has 0 atom stereocenters. The van der Waals surface area contributed by atoms with Gasteiger partial charge in [0.15, 0.2) is 5.82 Å². The molecule has 0 fully saturated rings. The lowest BCUT2D eigenvalue weighted by atomic mass is 10.2. The largest absolute Gasteiger partial charge is 0.506 e. The number of benzene rings is 1. The predicted molar refractivity (Wildman–Crippen MR) is 97.6 cm³/mol. The van der Waals surface area contributed by atoms with Gasteiger partial charge in [-0.2, -0.15) is 10.2 Å². The number of nitrogens with zero attached hydrogens (tertiary/aromatic N) is 7. The maximum atomic E-state index is 10.3. The summed E-state index contributed by atoms with van der Waals surface area (Å²) in [6, 6.07) is 7.27. The zero-order valence-corrected chi connectivity index (χ0v) is 14.6. The highest BCUT2D eigenvalue weighted by Crippen LogP contribution is 2.35. The Morgan fingerprint density at radius 1 is 1.15 bits per heavy atom. The van der Waals surface area contributed by atoms with Gasteiger partial charge in [0.25, 0.3) is 0 Å². The van der Waals surface area contributed by atoms with Crippen molar-refractivity contribution in [1.82, 2.24) is 29.4 Å². The van der Waals surface area contributed by atoms with Crippen LogP contribution in [0.4, 0.5) is 11.5 Å². The standard InChI is InChI=1S/C18H19N7O/c1-3-24(15-6-4-5-7-16(15)26)18-17-13(2)14(8-23-12-19-10-21-23)9-25(17)22-11-20-18/h4-7,9-12,26H,3,8H2,1-2H3. The fourth-order valence-electron chi connectivity index (χ4n) is 3.16. The molecule has 4 aromatic rings. The molecule has 0 bridgehead atoms. The van der Waals surface area contributed by atoms with E-state index in [-0.39, 0.29) is 5.75 Å². The molecular weight excluding hydrogens is 330 g/mol. The smallest absolute Gasteiger partial charge is 0.161 e. The van der Waals surface area contributed by atoms with Crippen LogP contribution in [0.2, 0.25) is 0 Å². The number of para-hydroxylation sites is 2. The zero-order valence-electron chi connectivity index (χ0n) is 14.6. The third-order valence-electron chi connectivity index (χ3n) is 4.46. The summed E-state index contributed by atoms with van der Waals surface area (Å²) in [6.07, 6.45) is 6.72. The number of fused-ring (bicyclic) bond motifs is 1. The maximum Gasteiger partial charge on any atom is 0.161 e. The Morgan fingerprint density at radius 3 is 2.73 bits per heavy atom. The van der Waals surface area contributed by atoms with Crippen molar-refractivity contribution in [3.63, 3.8) is 0 Å². The fraction of sp³-hybridized carbons (Fsp3) is 0.222. The molecule has 0 radical (unpaired) electrons. The molecule has 0 amide bonds. The highest BCUT2D eigenvalue weighted by Gasteiger charge is 2.19. The molecule has 0 saturated heterocycles. The van der Waals surface area contributed by atoms with Gasteiger partial charge >= 0.3 is 0 Å². The van der Waals surface area contributed by atoms with E-state index in [0.717, 1.165) is 22.5 Å². The Balaban J connectivity index is 1.85. The minimum atomic E-state index is 0.221. The average molecular weight is 349 g/mol. The van der Waals surface area contributed by atoms with E-state index in [4.69, 9.17) is 0 Å². The average Bonchev–Trinajstić information content (AvgIpc) is 3.27. The van der Waals surface area contributed by atoms with Crippen molar-refractivity contribution >= 4 is 17.0 Å². The molecular formula is C18H19N7O. The van der Waals surface area contributed by atoms with E-state index >= 15 is 0 Å². The topological polar surface area (TPSA) is 84.4 Å². The summed E-state index contributed by atoms with van der Waals surface area (Å²) in [7, 11) is 0. The number of aryl methyl sites for hydroxylation is 1. The second kappa shape index (κ2) is 6.47. The van der Waals surface area contributed by atoms with Crippen molar-refractivity contribution in [3.8, 4) is 5.75 Å². The summed E-state index contributed by atoms with van der Waals surface area (Å²) >= 11 is 0. The minimum Gasteiger partial charge on any atom is -0.506 e. The van der Waals surface area contributed by atoms with Crippen molar-refractivity contribution in [1.29, 1.82) is 0 Å². The lowest BCUT2D eigenvalue weighted by Gasteiger charge is -2.23. The van der Waals surface area contributed by atoms with Gasteiger partial charge in [-0.15, -0.1) is 0 Å². The van der Waals surface area contributed by atoms with E-state index in [1.54, 1.807) is 23.1 Å². The van der Waals surface area contributed by atoms with Crippen LogP contribution in [0.1, 0.15) is 18.1 Å². The number of aromatic hydroxyl groups is 1. The number of hydrogen-bond donors (Lipinski definition) is 1. The van der Waals surface area contributed by atoms with Gasteiger partial charge in [0.1, 0.15) is 30.2 Å². The van der Waals surface area contributed by atoms with Gasteiger partial charge in [0.05, 0.1) is 12.2 Å². The van der Waals surface area contributed by atoms with Crippen LogP contribution >= 0.6 is 0 Å². The molecule has 3 aromatic heterocycles. The zero-order chi connectivity index (χ0) is 18.1. The van der Waals surface area contributed by atoms with E-state index in [1.165, 1.54) is 12.7 Å². The third kappa shape index (κ3) is 2.65. The van der Waals surface area contributed by atoms with Crippen molar-refractivity contribution < 1.29 is 5.11 Å². The van der Waals surface area contributed by atoms with Crippen LogP contribution in [0, 0.1) is 6.92 Å². The Bertz CT molecular complexity index is 1040. The van der Waals surface area contributed by atoms with E-state index < -0.39 is 0 Å². The van der Waals surface area contributed by atoms with Crippen molar-refractivity contribution in [2.24, 2.45) is 0 Å². The van der Waals surface area contributed by atoms with Gasteiger partial charge in [-0.25, -0.2) is 19.2 Å². The van der Waals surface area contributed by atoms with Crippen LogP contribution in [-0.4, -0.2) is 41.0 Å². The quantitative estimate of drug-likeness (QED) is 0.596. The van der Waals surface area contributed by atoms with Crippen molar-refractivity contribution in [2.45, 2.75) is 20.4 Å². The Hall–Kier alpha value is -3.42. The SMILES string of the molecule is CCN(c1ccccc1O)c1ncnn2cc(Cn3cncn3)c(C)c12. The molecule has 0 aliphatic rings. The molecule has 0 aliphatic carbocycles. The van der Waals surface area contributed by atoms with E-state index in [1.807, 2.05) is 41.6 Å². The lowest BCUT2D eigenvalue weighted by molar-refractivity contribution is 0.475. The monoisotopic (exact) mass is 349 g/mol. The van der Waals surface area contributed by atoms with E-state index in [2.05, 4.69) is 20.2 Å². The molecule has 26 heavy (non-hydrogen) atoms. The second-order valence-corrected chi connectivity index (χ2v) is 5.98. The summed E-state index contributed by atoms with van der Waals surface area (Å²) in [5.74, 6) is 0.976. The molecule has 0 saturated carbocycles. The summed E-state index contributed by atoms with van der Waals surface area (Å²) in [6.45, 7) is 5.34. The molecule has 4 rings (SSSR count). The van der Waals surface area contributed by atoms with Gasteiger partial charge in [0.2, 0.25) is 0 Å². The molecule has 1 aromatic carbocycles. The third-order valence-corrected chi connectivity index (χ3v) is 4.46. The first-order chi connectivity index (χ1) is 12.7. The van der Waals surface area contributed by atoms with Crippen LogP contribution in [0.15, 0.2) is 49.4 Å². The molecule has 132 valence electrons. The number of rotatable bonds is 5. The highest BCUT2D eigenvalue weighted by molar-refractivity contribution is 5.80. The highest BCUT2D eigenvalue weighted by atomic mass is 16.3. The summed E-state index contributed by atoms with van der Waals surface area (Å²) < 4.78 is 3.60. The molecule has 8 nitrogen and oxygen atoms in total. The molecule has 8 heteroatoms. The molecule has 3 heterocycles. The number of aromatic nitrogens is 6. The van der Waals surface area contributed by atoms with Gasteiger partial charge in [-0.1, -0.05) is 12.1 Å². The van der Waals surface area contributed by atoms with Crippen LogP contribution < -0.4 is 4.90 Å². The van der Waals surface area contributed by atoms with E-state index in [0.29, 0.717) is 18.8 Å². The molecule has 1 N–H and O–H groups in total. The molecule has 0 unspecified atom stereocenters. The first-order valence-corrected chi connectivity index (χ1v) is 8.38. The number of anilines is 2. The summed E-state index contributed by atoms with van der Waals surface area (Å²) in [5.41, 5.74) is 3.79. The van der Waals surface area contributed by atoms with Crippen LogP contribution in [0.5, 0.6) is 5.75 Å². The number of hydrogen-bond acceptors (Lipinski definition) is 6. The Morgan fingerprint density at radius 2 is 2.00 bits per heavy atom. The van der Waals surface area contributed by atoms with Gasteiger partial charge in [0, 0.05) is 12.7 Å². The van der Waals surface area contributed by atoms with Gasteiger partial charge < -0.3 is 10.0 Å². The van der Waals surface area contributed by atoms with Crippen LogP contribution in [-0.2, 0) is 6.54 Å². The first kappa shape index (κ1) is 16.1. The number of phenols is 1. The molecule has 0 spiro atoms. The first-order valence-electron chi connectivity index (χ1n) is 8.38. The predicted octanol–water partition coefficient (Wildman–Crippen LogP) is 2.54. The van der Waals surface area contributed by atoms with Crippen LogP contribution in [0.3, 0.4) is 0 Å².